The zero-order valence-corrected chi connectivity index (χ0v) is 15.6. The molecule has 2 rings (SSSR count). The minimum atomic E-state index is -3.78. The molecule has 6 nitrogen and oxygen atoms in total. The molecule has 0 radical (unpaired) electrons. The van der Waals surface area contributed by atoms with Gasteiger partial charge in [-0.3, -0.25) is 4.18 Å². The Morgan fingerprint density at radius 3 is 2.23 bits per heavy atom. The van der Waals surface area contributed by atoms with Crippen molar-refractivity contribution in [1.29, 1.82) is 0 Å². The van der Waals surface area contributed by atoms with Crippen LogP contribution in [0, 0.1) is 0 Å². The Hall–Kier alpha value is -2.38. The van der Waals surface area contributed by atoms with Crippen LogP contribution >= 0.6 is 0 Å². The van der Waals surface area contributed by atoms with Gasteiger partial charge in [0, 0.05) is 6.42 Å². The van der Waals surface area contributed by atoms with Gasteiger partial charge in [-0.15, -0.1) is 0 Å². The maximum absolute atomic E-state index is 11.9. The van der Waals surface area contributed by atoms with Crippen LogP contribution in [0.5, 0.6) is 5.75 Å². The van der Waals surface area contributed by atoms with Crippen molar-refractivity contribution in [3.63, 3.8) is 0 Å². The van der Waals surface area contributed by atoms with Crippen LogP contribution in [0.1, 0.15) is 18.1 Å². The van der Waals surface area contributed by atoms with Crippen molar-refractivity contribution in [1.82, 2.24) is 0 Å². The summed E-state index contributed by atoms with van der Waals surface area (Å²) < 4.78 is 38.2. The maximum atomic E-state index is 11.9. The molecule has 0 aromatic heterocycles. The van der Waals surface area contributed by atoms with Gasteiger partial charge in [-0.25, -0.2) is 4.79 Å². The number of rotatable bonds is 9. The highest BCUT2D eigenvalue weighted by Gasteiger charge is 2.25. The van der Waals surface area contributed by atoms with E-state index in [9.17, 15) is 13.2 Å². The highest BCUT2D eigenvalue weighted by atomic mass is 32.2. The molecule has 0 amide bonds. The molecule has 7 heteroatoms. The molecule has 0 aliphatic heterocycles. The fraction of sp³-hybridized carbons (Fsp3) is 0.316. The minimum Gasteiger partial charge on any atom is -0.489 e. The van der Waals surface area contributed by atoms with E-state index in [0.29, 0.717) is 12.4 Å². The van der Waals surface area contributed by atoms with Gasteiger partial charge < -0.3 is 9.47 Å². The first-order valence-corrected chi connectivity index (χ1v) is 9.99. The normalized spacial score (nSPS) is 12.4. The van der Waals surface area contributed by atoms with Gasteiger partial charge in [-0.05, 0) is 30.2 Å². The molecule has 0 aliphatic carbocycles. The standard InChI is InChI=1S/C19H22O6S/c1-3-23-19(20)18(25-26(2,21)22)13-15-9-11-17(12-10-15)24-14-16-7-5-4-6-8-16/h4-12,18H,3,13-14H2,1-2H3. The second kappa shape index (κ2) is 9.35. The SMILES string of the molecule is CCOC(=O)C(Cc1ccc(OCc2ccccc2)cc1)OS(C)(=O)=O. The van der Waals surface area contributed by atoms with Gasteiger partial charge >= 0.3 is 5.97 Å². The molecule has 26 heavy (non-hydrogen) atoms. The first-order chi connectivity index (χ1) is 12.4. The van der Waals surface area contributed by atoms with E-state index in [1.807, 2.05) is 30.3 Å². The number of carbonyl (C=O) groups is 1. The van der Waals surface area contributed by atoms with Crippen molar-refractivity contribution in [2.45, 2.75) is 26.1 Å². The molecule has 0 N–H and O–H groups in total. The van der Waals surface area contributed by atoms with Gasteiger partial charge in [0.05, 0.1) is 12.9 Å². The van der Waals surface area contributed by atoms with Crippen LogP contribution in [0.4, 0.5) is 0 Å². The molecule has 0 aliphatic rings. The Morgan fingerprint density at radius 1 is 1.00 bits per heavy atom. The van der Waals surface area contributed by atoms with E-state index in [-0.39, 0.29) is 13.0 Å². The molecule has 2 aromatic carbocycles. The highest BCUT2D eigenvalue weighted by molar-refractivity contribution is 7.86. The van der Waals surface area contributed by atoms with E-state index in [1.165, 1.54) is 0 Å². The summed E-state index contributed by atoms with van der Waals surface area (Å²) in [5.41, 5.74) is 1.79. The van der Waals surface area contributed by atoms with Gasteiger partial charge in [-0.2, -0.15) is 8.42 Å². The monoisotopic (exact) mass is 378 g/mol. The van der Waals surface area contributed by atoms with Crippen LogP contribution in [0.3, 0.4) is 0 Å². The van der Waals surface area contributed by atoms with Crippen LogP contribution in [0.2, 0.25) is 0 Å². The quantitative estimate of drug-likeness (QED) is 0.493. The van der Waals surface area contributed by atoms with Crippen LogP contribution in [-0.4, -0.2) is 33.4 Å². The summed E-state index contributed by atoms with van der Waals surface area (Å²) in [6, 6.07) is 16.8. The number of ether oxygens (including phenoxy) is 2. The van der Waals surface area contributed by atoms with Crippen molar-refractivity contribution in [2.24, 2.45) is 0 Å². The van der Waals surface area contributed by atoms with Crippen LogP contribution in [0.15, 0.2) is 54.6 Å². The molecular formula is C19H22O6S. The van der Waals surface area contributed by atoms with Gasteiger partial charge in [0.15, 0.2) is 6.10 Å². The minimum absolute atomic E-state index is 0.0882. The summed E-state index contributed by atoms with van der Waals surface area (Å²) >= 11 is 0. The Bertz CT molecular complexity index is 800. The van der Waals surface area contributed by atoms with E-state index < -0.39 is 22.2 Å². The summed E-state index contributed by atoms with van der Waals surface area (Å²) in [6.07, 6.45) is -0.217. The molecule has 0 saturated heterocycles. The average Bonchev–Trinajstić information content (AvgIpc) is 2.60. The second-order valence-electron chi connectivity index (χ2n) is 5.66. The van der Waals surface area contributed by atoms with Crippen molar-refractivity contribution in [3.8, 4) is 5.75 Å². The molecule has 0 spiro atoms. The van der Waals surface area contributed by atoms with Gasteiger partial charge in [0.25, 0.3) is 10.1 Å². The Morgan fingerprint density at radius 2 is 1.65 bits per heavy atom. The highest BCUT2D eigenvalue weighted by Crippen LogP contribution is 2.17. The molecule has 0 heterocycles. The third kappa shape index (κ3) is 6.85. The second-order valence-corrected chi connectivity index (χ2v) is 7.26. The van der Waals surface area contributed by atoms with E-state index in [0.717, 1.165) is 17.4 Å². The van der Waals surface area contributed by atoms with Gasteiger partial charge in [-0.1, -0.05) is 42.5 Å². The zero-order chi connectivity index (χ0) is 19.0. The molecule has 0 bridgehead atoms. The molecular weight excluding hydrogens is 356 g/mol. The Labute approximate surface area is 153 Å². The number of hydrogen-bond donors (Lipinski definition) is 0. The number of benzene rings is 2. The third-order valence-electron chi connectivity index (χ3n) is 3.43. The molecule has 2 aromatic rings. The predicted octanol–water partition coefficient (Wildman–Crippen LogP) is 2.72. The molecule has 0 fully saturated rings. The van der Waals surface area contributed by atoms with Gasteiger partial charge in [0.2, 0.25) is 0 Å². The lowest BCUT2D eigenvalue weighted by Gasteiger charge is -2.15. The fourth-order valence-corrected chi connectivity index (χ4v) is 2.85. The Balaban J connectivity index is 1.99. The maximum Gasteiger partial charge on any atom is 0.337 e. The summed E-state index contributed by atoms with van der Waals surface area (Å²) in [4.78, 5) is 11.9. The van der Waals surface area contributed by atoms with E-state index in [4.69, 9.17) is 13.7 Å². The van der Waals surface area contributed by atoms with Crippen molar-refractivity contribution < 1.29 is 26.9 Å². The first kappa shape index (κ1) is 19.9. The van der Waals surface area contributed by atoms with Crippen LogP contribution in [0.25, 0.3) is 0 Å². The predicted molar refractivity (Wildman–Crippen MR) is 97.3 cm³/mol. The lowest BCUT2D eigenvalue weighted by atomic mass is 10.1. The van der Waals surface area contributed by atoms with Gasteiger partial charge in [0.1, 0.15) is 12.4 Å². The zero-order valence-electron chi connectivity index (χ0n) is 14.8. The van der Waals surface area contributed by atoms with E-state index >= 15 is 0 Å². The number of hydrogen-bond acceptors (Lipinski definition) is 6. The lowest BCUT2D eigenvalue weighted by molar-refractivity contribution is -0.151. The smallest absolute Gasteiger partial charge is 0.337 e. The molecule has 140 valence electrons. The Kier molecular flexibility index (Phi) is 7.17. The van der Waals surface area contributed by atoms with Crippen molar-refractivity contribution in [3.05, 3.63) is 65.7 Å². The molecule has 1 atom stereocenters. The number of carbonyl (C=O) groups excluding carboxylic acids is 1. The summed E-state index contributed by atoms with van der Waals surface area (Å²) in [5.74, 6) is -0.0309. The summed E-state index contributed by atoms with van der Waals surface area (Å²) in [6.45, 7) is 2.24. The van der Waals surface area contributed by atoms with Crippen LogP contribution in [-0.2, 0) is 36.9 Å². The van der Waals surface area contributed by atoms with E-state index in [2.05, 4.69) is 0 Å². The summed E-state index contributed by atoms with van der Waals surface area (Å²) in [7, 11) is -3.78. The average molecular weight is 378 g/mol. The van der Waals surface area contributed by atoms with Crippen molar-refractivity contribution in [2.75, 3.05) is 12.9 Å². The van der Waals surface area contributed by atoms with Crippen molar-refractivity contribution >= 4 is 16.1 Å². The van der Waals surface area contributed by atoms with Crippen LogP contribution < -0.4 is 4.74 Å². The fourth-order valence-electron chi connectivity index (χ4n) is 2.28. The van der Waals surface area contributed by atoms with E-state index in [1.54, 1.807) is 31.2 Å². The topological polar surface area (TPSA) is 78.9 Å². The molecule has 1 unspecified atom stereocenters. The number of esters is 1. The summed E-state index contributed by atoms with van der Waals surface area (Å²) in [5, 5.41) is 0. The largest absolute Gasteiger partial charge is 0.489 e. The third-order valence-corrected chi connectivity index (χ3v) is 4.02. The first-order valence-electron chi connectivity index (χ1n) is 8.18. The molecule has 0 saturated carbocycles. The lowest BCUT2D eigenvalue weighted by Crippen LogP contribution is -2.31.